The molecule has 5 heteroatoms. The second-order valence-electron chi connectivity index (χ2n) is 4.98. The molecule has 1 aliphatic heterocycles. The summed E-state index contributed by atoms with van der Waals surface area (Å²) < 4.78 is 38.6. The van der Waals surface area contributed by atoms with Gasteiger partial charge in [0.15, 0.2) is 0 Å². The number of aryl methyl sites for hydroxylation is 1. The van der Waals surface area contributed by atoms with Gasteiger partial charge >= 0.3 is 6.18 Å². The molecule has 1 fully saturated rings. The van der Waals surface area contributed by atoms with Gasteiger partial charge in [-0.25, -0.2) is 0 Å². The molecule has 19 heavy (non-hydrogen) atoms. The fourth-order valence-corrected chi connectivity index (χ4v) is 2.41. The van der Waals surface area contributed by atoms with Gasteiger partial charge in [-0.3, -0.25) is 0 Å². The van der Waals surface area contributed by atoms with E-state index >= 15 is 0 Å². The standard InChI is InChI=1S/C14H18F3NO/c1-2-10-6-11(14(15,16)17)8-12(7-10)18-5-3-4-13(19)9-18/h6-8,13,19H,2-5,9H2,1H3. The van der Waals surface area contributed by atoms with Gasteiger partial charge in [-0.15, -0.1) is 0 Å². The summed E-state index contributed by atoms with van der Waals surface area (Å²) in [6.07, 6.45) is -2.69. The lowest BCUT2D eigenvalue weighted by Gasteiger charge is -2.32. The van der Waals surface area contributed by atoms with Gasteiger partial charge in [0.2, 0.25) is 0 Å². The maximum atomic E-state index is 12.9. The van der Waals surface area contributed by atoms with Crippen LogP contribution in [0, 0.1) is 0 Å². The zero-order valence-corrected chi connectivity index (χ0v) is 10.9. The second kappa shape index (κ2) is 5.41. The molecule has 2 nitrogen and oxygen atoms in total. The van der Waals surface area contributed by atoms with Crippen molar-refractivity contribution in [3.8, 4) is 0 Å². The average Bonchev–Trinajstić information content (AvgIpc) is 2.37. The van der Waals surface area contributed by atoms with E-state index in [1.165, 1.54) is 12.1 Å². The van der Waals surface area contributed by atoms with Crippen molar-refractivity contribution in [1.82, 2.24) is 0 Å². The highest BCUT2D eigenvalue weighted by atomic mass is 19.4. The zero-order valence-electron chi connectivity index (χ0n) is 10.9. The Morgan fingerprint density at radius 3 is 2.63 bits per heavy atom. The Bertz CT molecular complexity index is 445. The van der Waals surface area contributed by atoms with Gasteiger partial charge in [-0.1, -0.05) is 6.92 Å². The maximum Gasteiger partial charge on any atom is 0.416 e. The molecular formula is C14H18F3NO. The number of anilines is 1. The van der Waals surface area contributed by atoms with Gasteiger partial charge in [-0.2, -0.15) is 13.2 Å². The number of aliphatic hydroxyl groups is 1. The van der Waals surface area contributed by atoms with E-state index in [1.54, 1.807) is 6.07 Å². The first-order valence-corrected chi connectivity index (χ1v) is 6.54. The Balaban J connectivity index is 2.34. The number of aliphatic hydroxyl groups excluding tert-OH is 1. The van der Waals surface area contributed by atoms with Crippen LogP contribution in [0.15, 0.2) is 18.2 Å². The van der Waals surface area contributed by atoms with Crippen molar-refractivity contribution >= 4 is 5.69 Å². The van der Waals surface area contributed by atoms with Crippen LogP contribution < -0.4 is 4.90 Å². The first-order chi connectivity index (χ1) is 8.90. The first kappa shape index (κ1) is 14.2. The van der Waals surface area contributed by atoms with Crippen molar-refractivity contribution in [2.75, 3.05) is 18.0 Å². The van der Waals surface area contributed by atoms with E-state index in [1.807, 2.05) is 11.8 Å². The molecule has 0 aromatic heterocycles. The van der Waals surface area contributed by atoms with Gasteiger partial charge in [0.05, 0.1) is 11.7 Å². The Labute approximate surface area is 110 Å². The Morgan fingerprint density at radius 1 is 1.32 bits per heavy atom. The van der Waals surface area contributed by atoms with E-state index in [9.17, 15) is 18.3 Å². The number of hydrogen-bond acceptors (Lipinski definition) is 2. The number of piperidine rings is 1. The summed E-state index contributed by atoms with van der Waals surface area (Å²) in [7, 11) is 0. The Hall–Kier alpha value is -1.23. The molecule has 1 aliphatic rings. The molecule has 0 aliphatic carbocycles. The van der Waals surface area contributed by atoms with Crippen molar-refractivity contribution < 1.29 is 18.3 Å². The SMILES string of the molecule is CCc1cc(N2CCCC(O)C2)cc(C(F)(F)F)c1. The van der Waals surface area contributed by atoms with Crippen molar-refractivity contribution in [2.45, 2.75) is 38.5 Å². The molecule has 0 radical (unpaired) electrons. The fourth-order valence-electron chi connectivity index (χ4n) is 2.41. The van der Waals surface area contributed by atoms with E-state index in [-0.39, 0.29) is 0 Å². The fraction of sp³-hybridized carbons (Fsp3) is 0.571. The van der Waals surface area contributed by atoms with Gasteiger partial charge in [0.25, 0.3) is 0 Å². The quantitative estimate of drug-likeness (QED) is 0.894. The van der Waals surface area contributed by atoms with Crippen molar-refractivity contribution in [1.29, 1.82) is 0 Å². The second-order valence-corrected chi connectivity index (χ2v) is 4.98. The number of halogens is 3. The number of benzene rings is 1. The normalized spacial score (nSPS) is 20.7. The van der Waals surface area contributed by atoms with Crippen molar-refractivity contribution in [3.63, 3.8) is 0 Å². The summed E-state index contributed by atoms with van der Waals surface area (Å²) in [4.78, 5) is 1.84. The van der Waals surface area contributed by atoms with Crippen LogP contribution in [0.25, 0.3) is 0 Å². The minimum atomic E-state index is -4.33. The van der Waals surface area contributed by atoms with Gasteiger partial charge in [0, 0.05) is 18.8 Å². The van der Waals surface area contributed by atoms with Gasteiger partial charge in [-0.05, 0) is 43.0 Å². The minimum absolute atomic E-state index is 0.407. The molecule has 1 heterocycles. The third kappa shape index (κ3) is 3.41. The minimum Gasteiger partial charge on any atom is -0.391 e. The van der Waals surface area contributed by atoms with E-state index in [0.29, 0.717) is 30.8 Å². The average molecular weight is 273 g/mol. The number of hydrogen-bond donors (Lipinski definition) is 1. The Morgan fingerprint density at radius 2 is 2.05 bits per heavy atom. The highest BCUT2D eigenvalue weighted by Crippen LogP contribution is 2.33. The zero-order chi connectivity index (χ0) is 14.0. The summed E-state index contributed by atoms with van der Waals surface area (Å²) in [5.74, 6) is 0. The van der Waals surface area contributed by atoms with Crippen LogP contribution in [0.3, 0.4) is 0 Å². The number of nitrogens with zero attached hydrogens (tertiary/aromatic N) is 1. The van der Waals surface area contributed by atoms with Crippen molar-refractivity contribution in [2.24, 2.45) is 0 Å². The van der Waals surface area contributed by atoms with Crippen LogP contribution in [-0.4, -0.2) is 24.3 Å². The van der Waals surface area contributed by atoms with Crippen molar-refractivity contribution in [3.05, 3.63) is 29.3 Å². The van der Waals surface area contributed by atoms with Crippen LogP contribution in [0.1, 0.15) is 30.9 Å². The molecule has 1 atom stereocenters. The lowest BCUT2D eigenvalue weighted by atomic mass is 10.0. The van der Waals surface area contributed by atoms with Crippen LogP contribution in [0.4, 0.5) is 18.9 Å². The molecule has 0 bridgehead atoms. The molecule has 1 saturated heterocycles. The predicted octanol–water partition coefficient (Wildman–Crippen LogP) is 3.23. The maximum absolute atomic E-state index is 12.9. The number of alkyl halides is 3. The molecule has 1 aromatic rings. The molecule has 2 rings (SSSR count). The molecule has 0 saturated carbocycles. The summed E-state index contributed by atoms with van der Waals surface area (Å²) in [6, 6.07) is 4.16. The molecule has 0 amide bonds. The Kier molecular flexibility index (Phi) is 4.04. The molecule has 106 valence electrons. The van der Waals surface area contributed by atoms with Crippen LogP contribution in [-0.2, 0) is 12.6 Å². The summed E-state index contributed by atoms with van der Waals surface area (Å²) in [5, 5.41) is 9.63. The van der Waals surface area contributed by atoms with Gasteiger partial charge in [0.1, 0.15) is 0 Å². The smallest absolute Gasteiger partial charge is 0.391 e. The van der Waals surface area contributed by atoms with Gasteiger partial charge < -0.3 is 10.0 Å². The molecule has 1 unspecified atom stereocenters. The lowest BCUT2D eigenvalue weighted by molar-refractivity contribution is -0.137. The van der Waals surface area contributed by atoms with Crippen LogP contribution in [0.2, 0.25) is 0 Å². The first-order valence-electron chi connectivity index (χ1n) is 6.54. The lowest BCUT2D eigenvalue weighted by Crippen LogP contribution is -2.38. The third-order valence-corrected chi connectivity index (χ3v) is 3.47. The highest BCUT2D eigenvalue weighted by Gasteiger charge is 2.32. The van der Waals surface area contributed by atoms with Crippen LogP contribution >= 0.6 is 0 Å². The largest absolute Gasteiger partial charge is 0.416 e. The highest BCUT2D eigenvalue weighted by molar-refractivity contribution is 5.52. The predicted molar refractivity (Wildman–Crippen MR) is 68.3 cm³/mol. The molecule has 0 spiro atoms. The van der Waals surface area contributed by atoms with E-state index in [0.717, 1.165) is 12.8 Å². The molecule has 1 N–H and O–H groups in total. The monoisotopic (exact) mass is 273 g/mol. The number of β-amino-alcohol motifs (C(OH)–C–C–N with tert-alkyl or cyclic N) is 1. The third-order valence-electron chi connectivity index (χ3n) is 3.47. The summed E-state index contributed by atoms with van der Waals surface area (Å²) >= 11 is 0. The van der Waals surface area contributed by atoms with E-state index in [2.05, 4.69) is 0 Å². The summed E-state index contributed by atoms with van der Waals surface area (Å²) in [6.45, 7) is 2.94. The van der Waals surface area contributed by atoms with Crippen LogP contribution in [0.5, 0.6) is 0 Å². The number of rotatable bonds is 2. The van der Waals surface area contributed by atoms with E-state index < -0.39 is 17.8 Å². The molecule has 1 aromatic carbocycles. The molecular weight excluding hydrogens is 255 g/mol. The van der Waals surface area contributed by atoms with E-state index in [4.69, 9.17) is 0 Å². The summed E-state index contributed by atoms with van der Waals surface area (Å²) in [5.41, 5.74) is 0.622. The topological polar surface area (TPSA) is 23.5 Å².